The van der Waals surface area contributed by atoms with Crippen molar-refractivity contribution in [3.05, 3.63) is 30.1 Å². The minimum atomic E-state index is -0.718. The number of ether oxygens (including phenoxy) is 1. The Morgan fingerprint density at radius 2 is 1.90 bits per heavy atom. The number of benzene rings is 1. The van der Waals surface area contributed by atoms with Gasteiger partial charge in [0, 0.05) is 5.69 Å². The van der Waals surface area contributed by atoms with E-state index in [2.05, 4.69) is 5.32 Å². The highest BCUT2D eigenvalue weighted by Crippen LogP contribution is 2.31. The fourth-order valence-corrected chi connectivity index (χ4v) is 3.00. The van der Waals surface area contributed by atoms with Crippen molar-refractivity contribution < 1.29 is 13.9 Å². The maximum absolute atomic E-state index is 13.4. The smallest absolute Gasteiger partial charge is 0.331 e. The van der Waals surface area contributed by atoms with Gasteiger partial charge in [-0.3, -0.25) is 0 Å². The summed E-state index contributed by atoms with van der Waals surface area (Å²) < 4.78 is 18.7. The molecule has 3 nitrogen and oxygen atoms in total. The van der Waals surface area contributed by atoms with Crippen LogP contribution in [0, 0.1) is 5.82 Å². The zero-order valence-electron chi connectivity index (χ0n) is 12.7. The van der Waals surface area contributed by atoms with E-state index in [9.17, 15) is 9.18 Å². The minimum Gasteiger partial charge on any atom is -0.464 e. The molecule has 0 spiro atoms. The van der Waals surface area contributed by atoms with Crippen LogP contribution < -0.4 is 5.32 Å². The number of nitrogens with one attached hydrogen (secondary N) is 1. The standard InChI is InChI=1S/C17H24FNO2/c1-2-21-16(20)17(11-6-4-3-5-7-12-17)19-15-10-8-9-14(18)13-15/h8-10,13,19H,2-7,11-12H2,1H3. The second kappa shape index (κ2) is 7.43. The zero-order valence-corrected chi connectivity index (χ0v) is 12.7. The van der Waals surface area contributed by atoms with E-state index in [4.69, 9.17) is 4.74 Å². The lowest BCUT2D eigenvalue weighted by Crippen LogP contribution is -2.48. The van der Waals surface area contributed by atoms with E-state index in [1.807, 2.05) is 6.92 Å². The quantitative estimate of drug-likeness (QED) is 0.842. The van der Waals surface area contributed by atoms with E-state index in [1.54, 1.807) is 12.1 Å². The van der Waals surface area contributed by atoms with Crippen LogP contribution in [0.4, 0.5) is 10.1 Å². The van der Waals surface area contributed by atoms with Crippen molar-refractivity contribution in [3.8, 4) is 0 Å². The van der Waals surface area contributed by atoms with E-state index in [-0.39, 0.29) is 11.8 Å². The van der Waals surface area contributed by atoms with Gasteiger partial charge in [-0.2, -0.15) is 0 Å². The number of esters is 1. The average Bonchev–Trinajstić information content (AvgIpc) is 2.42. The molecule has 1 N–H and O–H groups in total. The van der Waals surface area contributed by atoms with E-state index in [0.29, 0.717) is 12.3 Å². The van der Waals surface area contributed by atoms with Crippen LogP contribution in [0.25, 0.3) is 0 Å². The van der Waals surface area contributed by atoms with E-state index in [0.717, 1.165) is 38.5 Å². The van der Waals surface area contributed by atoms with Crippen molar-refractivity contribution in [1.82, 2.24) is 0 Å². The van der Waals surface area contributed by atoms with Crippen molar-refractivity contribution >= 4 is 11.7 Å². The molecule has 0 saturated heterocycles. The third-order valence-corrected chi connectivity index (χ3v) is 4.08. The minimum absolute atomic E-state index is 0.212. The molecule has 0 aliphatic heterocycles. The topological polar surface area (TPSA) is 38.3 Å². The normalized spacial score (nSPS) is 18.4. The monoisotopic (exact) mass is 293 g/mol. The largest absolute Gasteiger partial charge is 0.464 e. The molecule has 1 aliphatic carbocycles. The van der Waals surface area contributed by atoms with Gasteiger partial charge in [0.1, 0.15) is 11.4 Å². The number of rotatable bonds is 4. The van der Waals surface area contributed by atoms with Gasteiger partial charge in [-0.25, -0.2) is 9.18 Å². The van der Waals surface area contributed by atoms with Crippen LogP contribution in [0.5, 0.6) is 0 Å². The van der Waals surface area contributed by atoms with E-state index < -0.39 is 5.54 Å². The summed E-state index contributed by atoms with van der Waals surface area (Å²) in [5, 5.41) is 3.27. The summed E-state index contributed by atoms with van der Waals surface area (Å²) in [6.45, 7) is 2.18. The Morgan fingerprint density at radius 1 is 1.24 bits per heavy atom. The third-order valence-electron chi connectivity index (χ3n) is 4.08. The van der Waals surface area contributed by atoms with E-state index >= 15 is 0 Å². The summed E-state index contributed by atoms with van der Waals surface area (Å²) in [4.78, 5) is 12.5. The predicted molar refractivity (Wildman–Crippen MR) is 81.7 cm³/mol. The highest BCUT2D eigenvalue weighted by atomic mass is 19.1. The van der Waals surface area contributed by atoms with Crippen molar-refractivity contribution in [2.24, 2.45) is 0 Å². The summed E-state index contributed by atoms with van der Waals surface area (Å²) in [5.41, 5.74) is -0.0758. The molecular weight excluding hydrogens is 269 g/mol. The summed E-state index contributed by atoms with van der Waals surface area (Å²) in [7, 11) is 0. The first kappa shape index (κ1) is 15.8. The molecule has 1 fully saturated rings. The van der Waals surface area contributed by atoms with Gasteiger partial charge in [0.2, 0.25) is 0 Å². The lowest BCUT2D eigenvalue weighted by molar-refractivity contribution is -0.149. The Morgan fingerprint density at radius 3 is 2.52 bits per heavy atom. The Labute approximate surface area is 125 Å². The van der Waals surface area contributed by atoms with Gasteiger partial charge in [0.15, 0.2) is 0 Å². The van der Waals surface area contributed by atoms with Gasteiger partial charge < -0.3 is 10.1 Å². The van der Waals surface area contributed by atoms with Crippen LogP contribution in [0.1, 0.15) is 51.9 Å². The van der Waals surface area contributed by atoms with Gasteiger partial charge >= 0.3 is 5.97 Å². The molecule has 0 amide bonds. The van der Waals surface area contributed by atoms with Gasteiger partial charge in [-0.15, -0.1) is 0 Å². The van der Waals surface area contributed by atoms with Crippen LogP contribution in [-0.2, 0) is 9.53 Å². The SMILES string of the molecule is CCOC(=O)C1(Nc2cccc(F)c2)CCCCCCC1. The van der Waals surface area contributed by atoms with Crippen molar-refractivity contribution in [3.63, 3.8) is 0 Å². The van der Waals surface area contributed by atoms with Gasteiger partial charge in [-0.1, -0.05) is 38.2 Å². The molecule has 1 saturated carbocycles. The number of carbonyl (C=O) groups excluding carboxylic acids is 1. The predicted octanol–water partition coefficient (Wildman–Crippen LogP) is 4.28. The Balaban J connectivity index is 2.23. The summed E-state index contributed by atoms with van der Waals surface area (Å²) in [6, 6.07) is 6.28. The van der Waals surface area contributed by atoms with Gasteiger partial charge in [0.05, 0.1) is 6.61 Å². The fourth-order valence-electron chi connectivity index (χ4n) is 3.00. The molecule has 0 atom stereocenters. The molecule has 0 bridgehead atoms. The van der Waals surface area contributed by atoms with Crippen molar-refractivity contribution in [2.75, 3.05) is 11.9 Å². The number of hydrogen-bond acceptors (Lipinski definition) is 3. The molecule has 0 unspecified atom stereocenters. The second-order valence-corrected chi connectivity index (χ2v) is 5.71. The van der Waals surface area contributed by atoms with Crippen molar-refractivity contribution in [2.45, 2.75) is 57.4 Å². The zero-order chi connectivity index (χ0) is 15.1. The number of carbonyl (C=O) groups is 1. The Kier molecular flexibility index (Phi) is 5.59. The van der Waals surface area contributed by atoms with Gasteiger partial charge in [-0.05, 0) is 38.0 Å². The highest BCUT2D eigenvalue weighted by molar-refractivity contribution is 5.84. The molecule has 1 aromatic carbocycles. The molecular formula is C17H24FNO2. The summed E-state index contributed by atoms with van der Waals surface area (Å²) in [6.07, 6.45) is 6.93. The first-order chi connectivity index (χ1) is 10.2. The Hall–Kier alpha value is -1.58. The van der Waals surface area contributed by atoms with Gasteiger partial charge in [0.25, 0.3) is 0 Å². The fraction of sp³-hybridized carbons (Fsp3) is 0.588. The van der Waals surface area contributed by atoms with E-state index in [1.165, 1.54) is 18.6 Å². The first-order valence-corrected chi connectivity index (χ1v) is 7.87. The first-order valence-electron chi connectivity index (χ1n) is 7.87. The average molecular weight is 293 g/mol. The summed E-state index contributed by atoms with van der Waals surface area (Å²) >= 11 is 0. The molecule has 2 rings (SSSR count). The molecule has 4 heteroatoms. The lowest BCUT2D eigenvalue weighted by Gasteiger charge is -2.35. The van der Waals surface area contributed by atoms with Crippen LogP contribution in [0.3, 0.4) is 0 Å². The lowest BCUT2D eigenvalue weighted by atomic mass is 9.83. The second-order valence-electron chi connectivity index (χ2n) is 5.71. The number of halogens is 1. The molecule has 21 heavy (non-hydrogen) atoms. The maximum Gasteiger partial charge on any atom is 0.331 e. The molecule has 0 aromatic heterocycles. The molecule has 0 heterocycles. The maximum atomic E-state index is 13.4. The van der Waals surface area contributed by atoms with Crippen molar-refractivity contribution in [1.29, 1.82) is 0 Å². The highest BCUT2D eigenvalue weighted by Gasteiger charge is 2.39. The number of anilines is 1. The molecule has 1 aliphatic rings. The third kappa shape index (κ3) is 4.19. The van der Waals surface area contributed by atoms with Crippen LogP contribution in [0.2, 0.25) is 0 Å². The van der Waals surface area contributed by atoms with Crippen LogP contribution >= 0.6 is 0 Å². The summed E-state index contributed by atoms with van der Waals surface area (Å²) in [5.74, 6) is -0.513. The molecule has 1 aromatic rings. The van der Waals surface area contributed by atoms with Crippen LogP contribution in [0.15, 0.2) is 24.3 Å². The molecule has 0 radical (unpaired) electrons. The number of hydrogen-bond donors (Lipinski definition) is 1. The van der Waals surface area contributed by atoms with Crippen LogP contribution in [-0.4, -0.2) is 18.1 Å². The molecule has 116 valence electrons. The Bertz CT molecular complexity index is 468.